The third kappa shape index (κ3) is 5.51. The van der Waals surface area contributed by atoms with E-state index in [1.54, 1.807) is 40.7 Å². The number of carboxylic acid groups (broad SMARTS) is 1. The van der Waals surface area contributed by atoms with Gasteiger partial charge < -0.3 is 5.11 Å². The van der Waals surface area contributed by atoms with Gasteiger partial charge in [-0.1, -0.05) is 30.3 Å². The Kier molecular flexibility index (Phi) is 6.60. The first-order valence-corrected chi connectivity index (χ1v) is 7.96. The quantitative estimate of drug-likeness (QED) is 0.380. The van der Waals surface area contributed by atoms with E-state index in [1.165, 1.54) is 19.1 Å². The number of benzene rings is 2. The van der Waals surface area contributed by atoms with Gasteiger partial charge in [0.15, 0.2) is 5.78 Å². The predicted molar refractivity (Wildman–Crippen MR) is 93.9 cm³/mol. The highest BCUT2D eigenvalue weighted by atomic mass is 16.5. The second-order valence-corrected chi connectivity index (χ2v) is 5.94. The summed E-state index contributed by atoms with van der Waals surface area (Å²) in [5, 5.41) is 17.9. The van der Waals surface area contributed by atoms with Gasteiger partial charge in [0.2, 0.25) is 0 Å². The van der Waals surface area contributed by atoms with E-state index in [4.69, 9.17) is 10.3 Å². The number of Topliss-reactive ketones (excluding diaryl/α,β-unsaturated/α-hetero) is 1. The third-order valence-electron chi connectivity index (χ3n) is 3.81. The van der Waals surface area contributed by atoms with Crippen molar-refractivity contribution in [1.29, 1.82) is 0 Å². The summed E-state index contributed by atoms with van der Waals surface area (Å²) in [7, 11) is 0. The molecular formula is C19H20N2O5. The number of hydrogen-bond donors (Lipinski definition) is 3. The molecule has 2 aromatic rings. The molecule has 26 heavy (non-hydrogen) atoms. The number of carboxylic acids is 1. The molecular weight excluding hydrogens is 336 g/mol. The summed E-state index contributed by atoms with van der Waals surface area (Å²) >= 11 is 0. The molecule has 3 N–H and O–H groups in total. The second-order valence-electron chi connectivity index (χ2n) is 5.94. The number of hydroxylamine groups is 1. The molecule has 0 saturated carbocycles. The average molecular weight is 356 g/mol. The van der Waals surface area contributed by atoms with Gasteiger partial charge in [-0.2, -0.15) is 0 Å². The minimum Gasteiger partial charge on any atom is -0.478 e. The van der Waals surface area contributed by atoms with Gasteiger partial charge >= 0.3 is 5.97 Å². The zero-order valence-electron chi connectivity index (χ0n) is 14.3. The summed E-state index contributed by atoms with van der Waals surface area (Å²) in [4.78, 5) is 36.0. The van der Waals surface area contributed by atoms with Crippen LogP contribution in [-0.4, -0.2) is 39.4 Å². The molecule has 0 aliphatic heterocycles. The Morgan fingerprint density at radius 3 is 2.00 bits per heavy atom. The molecule has 136 valence electrons. The molecule has 0 unspecified atom stereocenters. The topological polar surface area (TPSA) is 107 Å². The maximum absolute atomic E-state index is 11.6. The van der Waals surface area contributed by atoms with Crippen molar-refractivity contribution in [2.75, 3.05) is 6.54 Å². The zero-order chi connectivity index (χ0) is 19.1. The predicted octanol–water partition coefficient (Wildman–Crippen LogP) is 2.09. The van der Waals surface area contributed by atoms with Crippen LogP contribution in [0.3, 0.4) is 0 Å². The fourth-order valence-corrected chi connectivity index (χ4v) is 2.61. The SMILES string of the molecule is CC(=O)c1cccc(CN(CC(=O)NO)Cc2cccc(C(=O)O)c2)c1. The smallest absolute Gasteiger partial charge is 0.335 e. The summed E-state index contributed by atoms with van der Waals surface area (Å²) in [6.07, 6.45) is 0. The Morgan fingerprint density at radius 1 is 0.962 bits per heavy atom. The standard InChI is InChI=1S/C19H20N2O5/c1-13(22)16-6-2-4-14(8-16)10-21(12-18(23)20-26)11-15-5-3-7-17(9-15)19(24)25/h2-9,26H,10-12H2,1H3,(H,20,23)(H,24,25). The van der Waals surface area contributed by atoms with Gasteiger partial charge in [-0.15, -0.1) is 0 Å². The maximum atomic E-state index is 11.6. The third-order valence-corrected chi connectivity index (χ3v) is 3.81. The molecule has 0 aliphatic rings. The Morgan fingerprint density at radius 2 is 1.50 bits per heavy atom. The highest BCUT2D eigenvalue weighted by Gasteiger charge is 2.14. The van der Waals surface area contributed by atoms with E-state index in [0.29, 0.717) is 18.7 Å². The van der Waals surface area contributed by atoms with Crippen LogP contribution in [-0.2, 0) is 17.9 Å². The largest absolute Gasteiger partial charge is 0.478 e. The fourth-order valence-electron chi connectivity index (χ4n) is 2.61. The maximum Gasteiger partial charge on any atom is 0.335 e. The molecule has 0 aliphatic carbocycles. The van der Waals surface area contributed by atoms with Crippen molar-refractivity contribution in [2.24, 2.45) is 0 Å². The van der Waals surface area contributed by atoms with Gasteiger partial charge in [-0.3, -0.25) is 19.7 Å². The van der Waals surface area contributed by atoms with Crippen LogP contribution in [0.1, 0.15) is 38.8 Å². The van der Waals surface area contributed by atoms with E-state index in [2.05, 4.69) is 0 Å². The van der Waals surface area contributed by atoms with E-state index in [-0.39, 0.29) is 17.9 Å². The lowest BCUT2D eigenvalue weighted by atomic mass is 10.1. The minimum absolute atomic E-state index is 0.0549. The Labute approximate surface area is 150 Å². The molecule has 1 amide bonds. The molecule has 0 radical (unpaired) electrons. The Balaban J connectivity index is 2.22. The van der Waals surface area contributed by atoms with Crippen molar-refractivity contribution < 1.29 is 24.7 Å². The van der Waals surface area contributed by atoms with Crippen molar-refractivity contribution in [1.82, 2.24) is 10.4 Å². The van der Waals surface area contributed by atoms with Crippen molar-refractivity contribution in [3.05, 3.63) is 70.8 Å². The highest BCUT2D eigenvalue weighted by molar-refractivity contribution is 5.94. The van der Waals surface area contributed by atoms with Gasteiger partial charge in [0.25, 0.3) is 5.91 Å². The van der Waals surface area contributed by atoms with Crippen LogP contribution in [0.4, 0.5) is 0 Å². The lowest BCUT2D eigenvalue weighted by molar-refractivity contribution is -0.130. The van der Waals surface area contributed by atoms with Crippen LogP contribution in [0.2, 0.25) is 0 Å². The number of hydrogen-bond acceptors (Lipinski definition) is 5. The summed E-state index contributed by atoms with van der Waals surface area (Å²) in [5.41, 5.74) is 3.88. The van der Waals surface area contributed by atoms with Crippen LogP contribution in [0.25, 0.3) is 0 Å². The summed E-state index contributed by atoms with van der Waals surface area (Å²) in [6.45, 7) is 2.05. The Bertz CT molecular complexity index is 760. The number of amides is 1. The number of nitrogens with zero attached hydrogens (tertiary/aromatic N) is 1. The van der Waals surface area contributed by atoms with Crippen LogP contribution in [0.5, 0.6) is 0 Å². The number of ketones is 1. The van der Waals surface area contributed by atoms with E-state index in [9.17, 15) is 14.4 Å². The van der Waals surface area contributed by atoms with Crippen LogP contribution in [0, 0.1) is 0 Å². The lowest BCUT2D eigenvalue weighted by Crippen LogP contribution is -2.35. The normalized spacial score (nSPS) is 10.6. The minimum atomic E-state index is -1.03. The van der Waals surface area contributed by atoms with Crippen molar-refractivity contribution in [3.8, 4) is 0 Å². The van der Waals surface area contributed by atoms with Gasteiger partial charge in [0, 0.05) is 18.7 Å². The number of carbonyl (C=O) groups is 3. The molecule has 7 heteroatoms. The Hall–Kier alpha value is -3.03. The van der Waals surface area contributed by atoms with Crippen LogP contribution in [0.15, 0.2) is 48.5 Å². The first-order chi connectivity index (χ1) is 12.4. The van der Waals surface area contributed by atoms with Crippen LogP contribution >= 0.6 is 0 Å². The molecule has 2 aromatic carbocycles. The van der Waals surface area contributed by atoms with Crippen molar-refractivity contribution >= 4 is 17.7 Å². The summed E-state index contributed by atoms with van der Waals surface area (Å²) in [5.74, 6) is -1.66. The number of nitrogens with one attached hydrogen (secondary N) is 1. The van der Waals surface area contributed by atoms with Crippen molar-refractivity contribution in [2.45, 2.75) is 20.0 Å². The molecule has 0 bridgehead atoms. The highest BCUT2D eigenvalue weighted by Crippen LogP contribution is 2.13. The average Bonchev–Trinajstić information content (AvgIpc) is 2.61. The van der Waals surface area contributed by atoms with E-state index in [0.717, 1.165) is 11.1 Å². The molecule has 2 rings (SSSR count). The molecule has 0 heterocycles. The number of carbonyl (C=O) groups excluding carboxylic acids is 2. The molecule has 0 spiro atoms. The van der Waals surface area contributed by atoms with Gasteiger partial charge in [0.1, 0.15) is 0 Å². The fraction of sp³-hybridized carbons (Fsp3) is 0.211. The molecule has 7 nitrogen and oxygen atoms in total. The first kappa shape index (κ1) is 19.3. The van der Waals surface area contributed by atoms with E-state index < -0.39 is 11.9 Å². The molecule has 0 atom stereocenters. The molecule has 0 aromatic heterocycles. The summed E-state index contributed by atoms with van der Waals surface area (Å²) < 4.78 is 0. The molecule has 0 saturated heterocycles. The second kappa shape index (κ2) is 8.89. The number of aromatic carboxylic acids is 1. The van der Waals surface area contributed by atoms with Gasteiger partial charge in [-0.05, 0) is 36.2 Å². The van der Waals surface area contributed by atoms with Crippen molar-refractivity contribution in [3.63, 3.8) is 0 Å². The van der Waals surface area contributed by atoms with Gasteiger partial charge in [-0.25, -0.2) is 10.3 Å². The number of rotatable bonds is 8. The summed E-state index contributed by atoms with van der Waals surface area (Å²) in [6, 6.07) is 13.5. The van der Waals surface area contributed by atoms with Crippen LogP contribution < -0.4 is 5.48 Å². The van der Waals surface area contributed by atoms with E-state index >= 15 is 0 Å². The molecule has 0 fully saturated rings. The van der Waals surface area contributed by atoms with Gasteiger partial charge in [0.05, 0.1) is 12.1 Å². The van der Waals surface area contributed by atoms with E-state index in [1.807, 2.05) is 6.07 Å². The monoisotopic (exact) mass is 356 g/mol. The first-order valence-electron chi connectivity index (χ1n) is 7.96. The zero-order valence-corrected chi connectivity index (χ0v) is 14.3. The lowest BCUT2D eigenvalue weighted by Gasteiger charge is -2.22.